The molecule has 5 heterocycles. The maximum atomic E-state index is 13.2. The Bertz CT molecular complexity index is 1870. The van der Waals surface area contributed by atoms with Gasteiger partial charge >= 0.3 is 0 Å². The van der Waals surface area contributed by atoms with Crippen LogP contribution in [-0.2, 0) is 10.2 Å². The summed E-state index contributed by atoms with van der Waals surface area (Å²) in [5.41, 5.74) is 7.66. The van der Waals surface area contributed by atoms with Crippen LogP contribution in [-0.4, -0.2) is 70.5 Å². The number of fused-ring (bicyclic) bond motifs is 1. The first-order chi connectivity index (χ1) is 21.9. The van der Waals surface area contributed by atoms with Crippen molar-refractivity contribution in [2.75, 3.05) is 50.0 Å². The van der Waals surface area contributed by atoms with Gasteiger partial charge in [0.15, 0.2) is 5.65 Å². The van der Waals surface area contributed by atoms with E-state index in [9.17, 15) is 9.59 Å². The van der Waals surface area contributed by atoms with Gasteiger partial charge in [0, 0.05) is 73.2 Å². The summed E-state index contributed by atoms with van der Waals surface area (Å²) in [4.78, 5) is 36.9. The number of nitrogens with one attached hydrogen (secondary N) is 3. The maximum absolute atomic E-state index is 13.2. The van der Waals surface area contributed by atoms with E-state index in [1.165, 1.54) is 5.56 Å². The smallest absolute Gasteiger partial charge is 0.255 e. The quantitative estimate of drug-likeness (QED) is 0.240. The number of hydrogen-bond donors (Lipinski definition) is 3. The van der Waals surface area contributed by atoms with Crippen molar-refractivity contribution in [1.29, 1.82) is 0 Å². The number of carbonyl (C=O) groups excluding carboxylic acids is 2. The minimum atomic E-state index is -0.146. The molecule has 2 fully saturated rings. The third kappa shape index (κ3) is 5.65. The predicted molar refractivity (Wildman–Crippen MR) is 174 cm³/mol. The number of amides is 2. The van der Waals surface area contributed by atoms with E-state index in [-0.39, 0.29) is 17.2 Å². The van der Waals surface area contributed by atoms with Gasteiger partial charge in [-0.2, -0.15) is 0 Å². The van der Waals surface area contributed by atoms with Crippen LogP contribution in [0.4, 0.5) is 17.2 Å². The van der Waals surface area contributed by atoms with Crippen LogP contribution >= 0.6 is 0 Å². The van der Waals surface area contributed by atoms with Crippen LogP contribution in [0.2, 0.25) is 0 Å². The number of carbonyl (C=O) groups is 2. The summed E-state index contributed by atoms with van der Waals surface area (Å²) < 4.78 is 7.32. The van der Waals surface area contributed by atoms with E-state index >= 15 is 0 Å². The summed E-state index contributed by atoms with van der Waals surface area (Å²) in [6.07, 6.45) is 7.26. The van der Waals surface area contributed by atoms with Crippen LogP contribution in [0.3, 0.4) is 0 Å². The van der Waals surface area contributed by atoms with E-state index in [1.807, 2.05) is 60.1 Å². The van der Waals surface area contributed by atoms with Crippen molar-refractivity contribution in [1.82, 2.24) is 24.6 Å². The molecule has 3 aromatic heterocycles. The van der Waals surface area contributed by atoms with E-state index in [0.29, 0.717) is 43.2 Å². The molecular formula is C35H35N7O3. The molecule has 2 saturated heterocycles. The standard InChI is InChI=1S/C35H35N7O3/c1-23-28(4-3-5-29(23)40-33(43)24-6-9-27(10-7-24)35(2)21-36-22-35)26-18-30(32-37-12-13-42(32)20-26)39-31-11-8-25(19-38-31)34(44)41-14-16-45-17-15-41/h3-13,18-20,36H,14-17,21-22H2,1-2H3,(H,38,39)(H,40,43). The summed E-state index contributed by atoms with van der Waals surface area (Å²) in [5.74, 6) is 0.407. The number of pyridine rings is 2. The minimum Gasteiger partial charge on any atom is -0.378 e. The molecule has 0 radical (unpaired) electrons. The Morgan fingerprint density at radius 2 is 1.73 bits per heavy atom. The highest BCUT2D eigenvalue weighted by Crippen LogP contribution is 2.33. The Labute approximate surface area is 261 Å². The van der Waals surface area contributed by atoms with E-state index in [4.69, 9.17) is 4.74 Å². The first-order valence-electron chi connectivity index (χ1n) is 15.2. The van der Waals surface area contributed by atoms with E-state index in [1.54, 1.807) is 29.4 Å². The Morgan fingerprint density at radius 1 is 0.956 bits per heavy atom. The number of imidazole rings is 1. The fourth-order valence-electron chi connectivity index (χ4n) is 5.96. The van der Waals surface area contributed by atoms with Crippen molar-refractivity contribution in [2.45, 2.75) is 19.3 Å². The molecule has 3 N–H and O–H groups in total. The van der Waals surface area contributed by atoms with Crippen molar-refractivity contribution >= 4 is 34.7 Å². The van der Waals surface area contributed by atoms with Gasteiger partial charge in [0.2, 0.25) is 0 Å². The molecule has 10 nitrogen and oxygen atoms in total. The summed E-state index contributed by atoms with van der Waals surface area (Å²) in [6.45, 7) is 8.41. The monoisotopic (exact) mass is 601 g/mol. The lowest BCUT2D eigenvalue weighted by atomic mass is 9.77. The summed E-state index contributed by atoms with van der Waals surface area (Å²) in [5, 5.41) is 9.83. The lowest BCUT2D eigenvalue weighted by Gasteiger charge is -2.40. The van der Waals surface area contributed by atoms with E-state index in [2.05, 4.69) is 45.0 Å². The van der Waals surface area contributed by atoms with Crippen LogP contribution in [0.5, 0.6) is 0 Å². The molecule has 228 valence electrons. The van der Waals surface area contributed by atoms with Crippen LogP contribution in [0, 0.1) is 6.92 Å². The van der Waals surface area contributed by atoms with Gasteiger partial charge in [0.1, 0.15) is 5.82 Å². The molecule has 0 aliphatic carbocycles. The van der Waals surface area contributed by atoms with Crippen molar-refractivity contribution in [3.63, 3.8) is 0 Å². The minimum absolute atomic E-state index is 0.0463. The molecule has 0 unspecified atom stereocenters. The first kappa shape index (κ1) is 28.7. The molecule has 0 spiro atoms. The van der Waals surface area contributed by atoms with Gasteiger partial charge in [0.05, 0.1) is 24.5 Å². The number of nitrogens with zero attached hydrogens (tertiary/aromatic N) is 4. The number of morpholine rings is 1. The Hall–Kier alpha value is -5.06. The summed E-state index contributed by atoms with van der Waals surface area (Å²) in [6, 6.07) is 19.4. The Kier molecular flexibility index (Phi) is 7.52. The molecule has 10 heteroatoms. The highest BCUT2D eigenvalue weighted by molar-refractivity contribution is 6.05. The zero-order chi connectivity index (χ0) is 31.0. The molecule has 7 rings (SSSR count). The van der Waals surface area contributed by atoms with Crippen LogP contribution in [0.25, 0.3) is 16.8 Å². The lowest BCUT2D eigenvalue weighted by Crippen LogP contribution is -2.54. The van der Waals surface area contributed by atoms with Crippen molar-refractivity contribution in [3.05, 3.63) is 108 Å². The highest BCUT2D eigenvalue weighted by atomic mass is 16.5. The maximum Gasteiger partial charge on any atom is 0.255 e. The SMILES string of the molecule is Cc1c(NC(=O)c2ccc(C3(C)CNC3)cc2)cccc1-c1cc(Nc2ccc(C(=O)N3CCOCC3)cn2)c2nccn2c1. The van der Waals surface area contributed by atoms with Gasteiger partial charge in [-0.25, -0.2) is 9.97 Å². The highest BCUT2D eigenvalue weighted by Gasteiger charge is 2.33. The lowest BCUT2D eigenvalue weighted by molar-refractivity contribution is 0.0302. The molecule has 2 aliphatic rings. The molecule has 0 atom stereocenters. The second kappa shape index (κ2) is 11.8. The number of rotatable bonds is 7. The van der Waals surface area contributed by atoms with Gasteiger partial charge in [0.25, 0.3) is 11.8 Å². The molecule has 45 heavy (non-hydrogen) atoms. The van der Waals surface area contributed by atoms with Crippen molar-refractivity contribution in [2.24, 2.45) is 0 Å². The molecule has 5 aromatic rings. The second-order valence-corrected chi connectivity index (χ2v) is 11.9. The number of benzene rings is 2. The van der Waals surface area contributed by atoms with Crippen molar-refractivity contribution < 1.29 is 14.3 Å². The zero-order valence-electron chi connectivity index (χ0n) is 25.3. The Morgan fingerprint density at radius 3 is 2.44 bits per heavy atom. The molecule has 2 aromatic carbocycles. The summed E-state index contributed by atoms with van der Waals surface area (Å²) >= 11 is 0. The molecule has 0 bridgehead atoms. The van der Waals surface area contributed by atoms with Gasteiger partial charge in [-0.1, -0.05) is 31.2 Å². The van der Waals surface area contributed by atoms with E-state index < -0.39 is 0 Å². The van der Waals surface area contributed by atoms with Gasteiger partial charge in [-0.05, 0) is 60.0 Å². The van der Waals surface area contributed by atoms with Gasteiger partial charge < -0.3 is 30.0 Å². The van der Waals surface area contributed by atoms with Crippen LogP contribution in [0.15, 0.2) is 85.5 Å². The normalized spacial score (nSPS) is 15.8. The fourth-order valence-corrected chi connectivity index (χ4v) is 5.96. The van der Waals surface area contributed by atoms with Gasteiger partial charge in [-0.15, -0.1) is 0 Å². The second-order valence-electron chi connectivity index (χ2n) is 11.9. The topological polar surface area (TPSA) is 113 Å². The molecular weight excluding hydrogens is 566 g/mol. The Balaban J connectivity index is 1.12. The fraction of sp³-hybridized carbons (Fsp3) is 0.257. The van der Waals surface area contributed by atoms with Crippen LogP contribution < -0.4 is 16.0 Å². The number of ether oxygens (including phenoxy) is 1. The van der Waals surface area contributed by atoms with Gasteiger partial charge in [-0.3, -0.25) is 9.59 Å². The average Bonchev–Trinajstić information content (AvgIpc) is 3.54. The largest absolute Gasteiger partial charge is 0.378 e. The van der Waals surface area contributed by atoms with Crippen LogP contribution in [0.1, 0.15) is 38.8 Å². The number of hydrogen-bond acceptors (Lipinski definition) is 7. The first-order valence-corrected chi connectivity index (χ1v) is 15.2. The average molecular weight is 602 g/mol. The molecule has 2 aliphatic heterocycles. The molecule has 2 amide bonds. The summed E-state index contributed by atoms with van der Waals surface area (Å²) in [7, 11) is 0. The predicted octanol–water partition coefficient (Wildman–Crippen LogP) is 5.03. The third-order valence-corrected chi connectivity index (χ3v) is 8.83. The zero-order valence-corrected chi connectivity index (χ0v) is 25.3. The van der Waals surface area contributed by atoms with E-state index in [0.717, 1.165) is 46.8 Å². The van der Waals surface area contributed by atoms with Crippen molar-refractivity contribution in [3.8, 4) is 11.1 Å². The third-order valence-electron chi connectivity index (χ3n) is 8.83. The number of aromatic nitrogens is 3. The number of anilines is 3. The molecule has 0 saturated carbocycles.